The van der Waals surface area contributed by atoms with Crippen molar-refractivity contribution < 1.29 is 32.3 Å². The van der Waals surface area contributed by atoms with Gasteiger partial charge in [-0.15, -0.1) is 0 Å². The summed E-state index contributed by atoms with van der Waals surface area (Å²) in [5, 5.41) is 0. The van der Waals surface area contributed by atoms with E-state index in [0.29, 0.717) is 4.90 Å². The molecule has 1 saturated heterocycles. The van der Waals surface area contributed by atoms with E-state index in [2.05, 4.69) is 12.1 Å². The zero-order valence-corrected chi connectivity index (χ0v) is 13.9. The molecule has 1 fully saturated rings. The summed E-state index contributed by atoms with van der Waals surface area (Å²) < 4.78 is 43.1. The van der Waals surface area contributed by atoms with Gasteiger partial charge >= 0.3 is 18.1 Å². The topological polar surface area (TPSA) is 67.9 Å². The molecule has 9 heteroatoms. The molecule has 1 heterocycles. The molecule has 0 saturated carbocycles. The maximum absolute atomic E-state index is 12.8. The van der Waals surface area contributed by atoms with E-state index in [0.717, 1.165) is 5.56 Å². The highest BCUT2D eigenvalue weighted by Gasteiger charge is 2.50. The molecule has 1 aromatic rings. The minimum Gasteiger partial charge on any atom is -0.460 e. The van der Waals surface area contributed by atoms with E-state index < -0.39 is 30.1 Å². The van der Waals surface area contributed by atoms with E-state index in [1.165, 1.54) is 6.08 Å². The van der Waals surface area contributed by atoms with Crippen LogP contribution in [-0.4, -0.2) is 48.2 Å². The number of amides is 1. The first-order chi connectivity index (χ1) is 12.3. The number of hydrogen-bond donors (Lipinski definition) is 1. The molecule has 1 aromatic carbocycles. The second kappa shape index (κ2) is 8.81. The number of rotatable bonds is 7. The molecule has 1 amide bonds. The van der Waals surface area contributed by atoms with Crippen molar-refractivity contribution in [2.45, 2.75) is 31.3 Å². The highest BCUT2D eigenvalue weighted by atomic mass is 19.4. The summed E-state index contributed by atoms with van der Waals surface area (Å²) in [6.07, 6.45) is -3.83. The van der Waals surface area contributed by atoms with Gasteiger partial charge in [0.2, 0.25) is 0 Å². The molecule has 2 rings (SSSR count). The van der Waals surface area contributed by atoms with Gasteiger partial charge < -0.3 is 9.64 Å². The van der Waals surface area contributed by atoms with E-state index in [1.807, 2.05) is 30.3 Å². The second-order valence-corrected chi connectivity index (χ2v) is 5.71. The largest absolute Gasteiger partial charge is 0.471 e. The van der Waals surface area contributed by atoms with Gasteiger partial charge in [0.25, 0.3) is 0 Å². The summed E-state index contributed by atoms with van der Waals surface area (Å²) in [4.78, 5) is 29.3. The fraction of sp³-hybridized carbons (Fsp3) is 0.412. The zero-order chi connectivity index (χ0) is 19.2. The number of likely N-dealkylation sites (tertiary alicyclic amines) is 1. The number of nitrogens with zero attached hydrogens (tertiary/aromatic N) is 1. The van der Waals surface area contributed by atoms with Crippen molar-refractivity contribution in [1.82, 2.24) is 10.4 Å². The van der Waals surface area contributed by atoms with Crippen LogP contribution in [0, 0.1) is 0 Å². The number of hydrogen-bond acceptors (Lipinski definition) is 5. The summed E-state index contributed by atoms with van der Waals surface area (Å²) in [7, 11) is 0. The zero-order valence-electron chi connectivity index (χ0n) is 13.9. The lowest BCUT2D eigenvalue weighted by Gasteiger charge is -2.23. The lowest BCUT2D eigenvalue weighted by molar-refractivity contribution is -0.188. The number of ether oxygens (including phenoxy) is 1. The number of alkyl halides is 3. The predicted octanol–water partition coefficient (Wildman–Crippen LogP) is 1.97. The van der Waals surface area contributed by atoms with Gasteiger partial charge in [0.05, 0.1) is 12.6 Å². The summed E-state index contributed by atoms with van der Waals surface area (Å²) >= 11 is 0. The summed E-state index contributed by atoms with van der Waals surface area (Å²) in [6.45, 7) is 3.09. The van der Waals surface area contributed by atoms with Crippen LogP contribution in [-0.2, 0) is 25.8 Å². The molecule has 0 bridgehead atoms. The van der Waals surface area contributed by atoms with Crippen LogP contribution in [0.1, 0.15) is 12.0 Å². The molecule has 1 aliphatic heterocycles. The normalized spacial score (nSPS) is 20.0. The van der Waals surface area contributed by atoms with Crippen LogP contribution in [0.4, 0.5) is 13.2 Å². The number of nitrogens with one attached hydrogen (secondary N) is 1. The van der Waals surface area contributed by atoms with Gasteiger partial charge in [-0.3, -0.25) is 9.63 Å². The first-order valence-corrected chi connectivity index (χ1v) is 7.89. The molecule has 2 atom stereocenters. The number of carbonyl (C=O) groups excluding carboxylic acids is 2. The molecule has 1 N–H and O–H groups in total. The fourth-order valence-corrected chi connectivity index (χ4v) is 2.59. The first-order valence-electron chi connectivity index (χ1n) is 7.89. The monoisotopic (exact) mass is 372 g/mol. The van der Waals surface area contributed by atoms with E-state index in [9.17, 15) is 22.8 Å². The Labute approximate surface area is 148 Å². The molecule has 26 heavy (non-hydrogen) atoms. The fourth-order valence-electron chi connectivity index (χ4n) is 2.59. The van der Waals surface area contributed by atoms with Crippen LogP contribution in [0.2, 0.25) is 0 Å². The molecule has 0 unspecified atom stereocenters. The quantitative estimate of drug-likeness (QED) is 0.450. The molecule has 0 spiro atoms. The third kappa shape index (κ3) is 5.30. The summed E-state index contributed by atoms with van der Waals surface area (Å²) in [5.74, 6) is -2.99. The van der Waals surface area contributed by atoms with Crippen molar-refractivity contribution in [1.29, 1.82) is 0 Å². The van der Waals surface area contributed by atoms with Crippen molar-refractivity contribution in [3.8, 4) is 0 Å². The Balaban J connectivity index is 1.98. The summed E-state index contributed by atoms with van der Waals surface area (Å²) in [5.41, 5.74) is 3.48. The van der Waals surface area contributed by atoms with Gasteiger partial charge in [-0.25, -0.2) is 4.79 Å². The molecule has 0 aliphatic carbocycles. The Morgan fingerprint density at radius 2 is 2.00 bits per heavy atom. The molecule has 0 radical (unpaired) electrons. The van der Waals surface area contributed by atoms with Crippen LogP contribution < -0.4 is 5.48 Å². The number of halogens is 3. The number of carbonyl (C=O) groups is 2. The van der Waals surface area contributed by atoms with E-state index in [4.69, 9.17) is 9.57 Å². The van der Waals surface area contributed by atoms with Gasteiger partial charge in [0.1, 0.15) is 12.6 Å². The second-order valence-electron chi connectivity index (χ2n) is 5.71. The Morgan fingerprint density at radius 3 is 2.62 bits per heavy atom. The average molecular weight is 372 g/mol. The van der Waals surface area contributed by atoms with E-state index >= 15 is 0 Å². The molecule has 6 nitrogen and oxygen atoms in total. The van der Waals surface area contributed by atoms with Crippen LogP contribution >= 0.6 is 0 Å². The summed E-state index contributed by atoms with van der Waals surface area (Å²) in [6, 6.07) is 7.17. The molecular weight excluding hydrogens is 353 g/mol. The standard InChI is InChI=1S/C17H19F3N2O4/c1-2-8-25-15(23)14-9-13(10-22(14)16(24)17(18,19)20)21-26-11-12-6-4-3-5-7-12/h2-7,13-14,21H,1,8-11H2/t13-,14+/m1/s1. The van der Waals surface area contributed by atoms with Gasteiger partial charge in [0.15, 0.2) is 0 Å². The van der Waals surface area contributed by atoms with Gasteiger partial charge in [-0.05, 0) is 12.0 Å². The highest BCUT2D eigenvalue weighted by molar-refractivity contribution is 5.88. The SMILES string of the molecule is C=CCOC(=O)[C@@H]1C[C@@H](NOCc2ccccc2)CN1C(=O)C(F)(F)F. The van der Waals surface area contributed by atoms with Crippen molar-refractivity contribution in [3.63, 3.8) is 0 Å². The van der Waals surface area contributed by atoms with Crippen LogP contribution in [0.5, 0.6) is 0 Å². The maximum Gasteiger partial charge on any atom is 0.471 e. The number of hydroxylamine groups is 1. The van der Waals surface area contributed by atoms with Crippen LogP contribution in [0.15, 0.2) is 43.0 Å². The van der Waals surface area contributed by atoms with Gasteiger partial charge in [0, 0.05) is 6.54 Å². The van der Waals surface area contributed by atoms with Crippen molar-refractivity contribution >= 4 is 11.9 Å². The Kier molecular flexibility index (Phi) is 6.76. The van der Waals surface area contributed by atoms with Crippen molar-refractivity contribution in [2.75, 3.05) is 13.2 Å². The minimum atomic E-state index is -5.07. The maximum atomic E-state index is 12.8. The Morgan fingerprint density at radius 1 is 1.31 bits per heavy atom. The minimum absolute atomic E-state index is 0.0490. The lowest BCUT2D eigenvalue weighted by atomic mass is 10.2. The number of esters is 1. The van der Waals surface area contributed by atoms with Crippen LogP contribution in [0.3, 0.4) is 0 Å². The first kappa shape index (κ1) is 19.9. The third-order valence-corrected chi connectivity index (χ3v) is 3.75. The highest BCUT2D eigenvalue weighted by Crippen LogP contribution is 2.26. The van der Waals surface area contributed by atoms with Gasteiger partial charge in [-0.1, -0.05) is 43.0 Å². The third-order valence-electron chi connectivity index (χ3n) is 3.75. The average Bonchev–Trinajstić information content (AvgIpc) is 3.03. The lowest BCUT2D eigenvalue weighted by Crippen LogP contribution is -2.47. The van der Waals surface area contributed by atoms with Crippen LogP contribution in [0.25, 0.3) is 0 Å². The Bertz CT molecular complexity index is 637. The van der Waals surface area contributed by atoms with E-state index in [1.54, 1.807) is 0 Å². The van der Waals surface area contributed by atoms with Crippen molar-refractivity contribution in [3.05, 3.63) is 48.6 Å². The van der Waals surface area contributed by atoms with Gasteiger partial charge in [-0.2, -0.15) is 18.7 Å². The molecule has 142 valence electrons. The van der Waals surface area contributed by atoms with Crippen molar-refractivity contribution in [2.24, 2.45) is 0 Å². The molecular formula is C17H19F3N2O4. The van der Waals surface area contributed by atoms with E-state index in [-0.39, 0.29) is 26.2 Å². The number of benzene rings is 1. The Hall–Kier alpha value is -2.39. The molecule has 0 aromatic heterocycles. The predicted molar refractivity (Wildman–Crippen MR) is 85.5 cm³/mol. The smallest absolute Gasteiger partial charge is 0.460 e. The molecule has 1 aliphatic rings.